The molecule has 1 N–H and O–H groups in total. The zero-order valence-electron chi connectivity index (χ0n) is 15.3. The van der Waals surface area contributed by atoms with Crippen molar-refractivity contribution in [2.75, 3.05) is 31.1 Å². The number of aliphatic carboxylic acids is 1. The minimum atomic E-state index is -5.08. The molecule has 0 bridgehead atoms. The number of carbonyl (C=O) groups is 2. The monoisotopic (exact) mass is 432 g/mol. The van der Waals surface area contributed by atoms with Gasteiger partial charge >= 0.3 is 12.1 Å². The van der Waals surface area contributed by atoms with Gasteiger partial charge in [0.05, 0.1) is 6.26 Å². The van der Waals surface area contributed by atoms with Gasteiger partial charge in [-0.2, -0.15) is 13.2 Å². The number of alkyl halides is 3. The Kier molecular flexibility index (Phi) is 6.10. The highest BCUT2D eigenvalue weighted by atomic mass is 32.1. The van der Waals surface area contributed by atoms with E-state index in [0.29, 0.717) is 5.76 Å². The summed E-state index contributed by atoms with van der Waals surface area (Å²) in [5.41, 5.74) is 1.96. The number of hydrogen-bond acceptors (Lipinski definition) is 7. The first-order valence-corrected chi connectivity index (χ1v) is 9.72. The zero-order valence-corrected chi connectivity index (χ0v) is 16.1. The number of hydrogen-bond donors (Lipinski definition) is 1. The Labute approximate surface area is 167 Å². The highest BCUT2D eigenvalue weighted by Crippen LogP contribution is 2.41. The average molecular weight is 432 g/mol. The summed E-state index contributed by atoms with van der Waals surface area (Å²) >= 11 is 1.58. The maximum absolute atomic E-state index is 12.5. The van der Waals surface area contributed by atoms with E-state index in [1.807, 2.05) is 4.90 Å². The van der Waals surface area contributed by atoms with Gasteiger partial charge in [0.15, 0.2) is 5.76 Å². The molecular weight excluding hydrogens is 413 g/mol. The molecule has 2 fully saturated rings. The Morgan fingerprint density at radius 2 is 2.00 bits per heavy atom. The normalized spacial score (nSPS) is 21.8. The lowest BCUT2D eigenvalue weighted by Crippen LogP contribution is -2.47. The van der Waals surface area contributed by atoms with Crippen LogP contribution in [0.25, 0.3) is 0 Å². The van der Waals surface area contributed by atoms with E-state index in [0.717, 1.165) is 44.2 Å². The number of carboxylic acid groups (broad SMARTS) is 1. The van der Waals surface area contributed by atoms with Gasteiger partial charge in [0, 0.05) is 31.6 Å². The number of furan rings is 1. The highest BCUT2D eigenvalue weighted by molar-refractivity contribution is 7.13. The third kappa shape index (κ3) is 5.05. The fourth-order valence-electron chi connectivity index (χ4n) is 3.67. The number of halogens is 3. The second kappa shape index (κ2) is 8.39. The predicted molar refractivity (Wildman–Crippen MR) is 96.7 cm³/mol. The molecule has 8 nitrogen and oxygen atoms in total. The quantitative estimate of drug-likeness (QED) is 0.779. The topological polar surface area (TPSA) is 99.8 Å². The van der Waals surface area contributed by atoms with Gasteiger partial charge < -0.3 is 19.3 Å². The standard InChI is InChI=1S/C15H18N4O2S.C2HF3O2/c20-13(12-3-1-8-21-12)18-6-2-4-15(9-18)5-7-19(10-15)14-17-16-11-22-14;3-2(4,5)1(6)7/h1,3,8,11H,2,4-7,9-10H2;(H,6,7). The molecule has 0 radical (unpaired) electrons. The fraction of sp³-hybridized carbons (Fsp3) is 0.529. The molecule has 4 rings (SSSR count). The molecule has 1 spiro atoms. The van der Waals surface area contributed by atoms with E-state index >= 15 is 0 Å². The lowest BCUT2D eigenvalue weighted by molar-refractivity contribution is -0.192. The number of piperidine rings is 1. The molecule has 0 saturated carbocycles. The van der Waals surface area contributed by atoms with E-state index in [4.69, 9.17) is 14.3 Å². The Bertz CT molecular complexity index is 828. The number of amides is 1. The molecule has 0 aliphatic carbocycles. The summed E-state index contributed by atoms with van der Waals surface area (Å²) in [7, 11) is 0. The van der Waals surface area contributed by atoms with Gasteiger partial charge in [0.2, 0.25) is 5.13 Å². The summed E-state index contributed by atoms with van der Waals surface area (Å²) < 4.78 is 37.0. The number of carbonyl (C=O) groups excluding carboxylic acids is 1. The molecule has 2 saturated heterocycles. The molecular formula is C17H19F3N4O4S. The van der Waals surface area contributed by atoms with Crippen molar-refractivity contribution in [2.45, 2.75) is 25.4 Å². The van der Waals surface area contributed by atoms with Crippen molar-refractivity contribution in [1.82, 2.24) is 15.1 Å². The zero-order chi connectivity index (χ0) is 21.1. The van der Waals surface area contributed by atoms with Crippen molar-refractivity contribution in [3.05, 3.63) is 29.7 Å². The molecule has 29 heavy (non-hydrogen) atoms. The summed E-state index contributed by atoms with van der Waals surface area (Å²) in [5, 5.41) is 16.2. The van der Waals surface area contributed by atoms with Crippen molar-refractivity contribution in [2.24, 2.45) is 5.41 Å². The summed E-state index contributed by atoms with van der Waals surface area (Å²) in [5.74, 6) is -2.30. The van der Waals surface area contributed by atoms with E-state index in [1.54, 1.807) is 35.2 Å². The molecule has 2 aliphatic rings. The van der Waals surface area contributed by atoms with Crippen molar-refractivity contribution < 1.29 is 32.3 Å². The molecule has 12 heteroatoms. The van der Waals surface area contributed by atoms with Crippen molar-refractivity contribution in [1.29, 1.82) is 0 Å². The van der Waals surface area contributed by atoms with Crippen LogP contribution in [0.2, 0.25) is 0 Å². The number of likely N-dealkylation sites (tertiary alicyclic amines) is 1. The highest BCUT2D eigenvalue weighted by Gasteiger charge is 2.43. The summed E-state index contributed by atoms with van der Waals surface area (Å²) in [6.45, 7) is 3.59. The van der Waals surface area contributed by atoms with E-state index in [9.17, 15) is 18.0 Å². The smallest absolute Gasteiger partial charge is 0.475 e. The van der Waals surface area contributed by atoms with Crippen LogP contribution in [0.1, 0.15) is 29.8 Å². The predicted octanol–water partition coefficient (Wildman–Crippen LogP) is 2.90. The number of rotatable bonds is 2. The minimum Gasteiger partial charge on any atom is -0.475 e. The molecule has 2 aliphatic heterocycles. The van der Waals surface area contributed by atoms with Crippen LogP contribution in [-0.4, -0.2) is 64.4 Å². The lowest BCUT2D eigenvalue weighted by atomic mass is 9.79. The van der Waals surface area contributed by atoms with Crippen LogP contribution in [0.4, 0.5) is 18.3 Å². The Morgan fingerprint density at radius 1 is 1.24 bits per heavy atom. The van der Waals surface area contributed by atoms with Crippen LogP contribution >= 0.6 is 11.3 Å². The Hall–Kier alpha value is -2.63. The van der Waals surface area contributed by atoms with Gasteiger partial charge in [0.25, 0.3) is 5.91 Å². The third-order valence-corrected chi connectivity index (χ3v) is 5.73. The van der Waals surface area contributed by atoms with Crippen molar-refractivity contribution in [3.63, 3.8) is 0 Å². The Morgan fingerprint density at radius 3 is 2.59 bits per heavy atom. The van der Waals surface area contributed by atoms with Gasteiger partial charge in [0.1, 0.15) is 5.51 Å². The lowest BCUT2D eigenvalue weighted by Gasteiger charge is -2.40. The molecule has 2 aromatic heterocycles. The molecule has 158 valence electrons. The second-order valence-electron chi connectivity index (χ2n) is 7.00. The van der Waals surface area contributed by atoms with E-state index in [2.05, 4.69) is 15.1 Å². The van der Waals surface area contributed by atoms with Gasteiger partial charge in [-0.3, -0.25) is 4.79 Å². The van der Waals surface area contributed by atoms with Crippen molar-refractivity contribution >= 4 is 28.3 Å². The van der Waals surface area contributed by atoms with E-state index in [-0.39, 0.29) is 11.3 Å². The van der Waals surface area contributed by atoms with E-state index in [1.165, 1.54) is 6.42 Å². The summed E-state index contributed by atoms with van der Waals surface area (Å²) in [6, 6.07) is 3.51. The van der Waals surface area contributed by atoms with Gasteiger partial charge in [-0.15, -0.1) is 10.2 Å². The minimum absolute atomic E-state index is 0.0124. The molecule has 1 amide bonds. The Balaban J connectivity index is 0.000000298. The van der Waals surface area contributed by atoms with Crippen LogP contribution in [-0.2, 0) is 4.79 Å². The van der Waals surface area contributed by atoms with Crippen LogP contribution in [0.5, 0.6) is 0 Å². The van der Waals surface area contributed by atoms with Crippen LogP contribution in [0, 0.1) is 5.41 Å². The number of anilines is 1. The molecule has 4 heterocycles. The maximum Gasteiger partial charge on any atom is 0.490 e. The first-order valence-electron chi connectivity index (χ1n) is 8.84. The van der Waals surface area contributed by atoms with Crippen LogP contribution in [0.3, 0.4) is 0 Å². The average Bonchev–Trinajstić information content (AvgIpc) is 3.43. The van der Waals surface area contributed by atoms with Crippen LogP contribution in [0.15, 0.2) is 28.3 Å². The maximum atomic E-state index is 12.5. The number of carboxylic acids is 1. The second-order valence-corrected chi connectivity index (χ2v) is 7.82. The summed E-state index contributed by atoms with van der Waals surface area (Å²) in [6.07, 6.45) is -0.200. The molecule has 1 unspecified atom stereocenters. The third-order valence-electron chi connectivity index (χ3n) is 4.98. The van der Waals surface area contributed by atoms with Gasteiger partial charge in [-0.05, 0) is 31.4 Å². The SMILES string of the molecule is O=C(O)C(F)(F)F.O=C(c1ccco1)N1CCCC2(CCN(c3nncs3)C2)C1. The van der Waals surface area contributed by atoms with Crippen molar-refractivity contribution in [3.8, 4) is 0 Å². The molecule has 2 aromatic rings. The first kappa shape index (κ1) is 21.1. The van der Waals surface area contributed by atoms with Gasteiger partial charge in [-0.1, -0.05) is 11.3 Å². The van der Waals surface area contributed by atoms with Gasteiger partial charge in [-0.25, -0.2) is 4.79 Å². The molecule has 0 aromatic carbocycles. The fourth-order valence-corrected chi connectivity index (χ4v) is 4.26. The number of aromatic nitrogens is 2. The molecule has 1 atom stereocenters. The summed E-state index contributed by atoms with van der Waals surface area (Å²) in [4.78, 5) is 25.7. The first-order chi connectivity index (χ1) is 13.7. The number of nitrogens with zero attached hydrogens (tertiary/aromatic N) is 4. The van der Waals surface area contributed by atoms with Crippen LogP contribution < -0.4 is 4.90 Å². The largest absolute Gasteiger partial charge is 0.490 e. The van der Waals surface area contributed by atoms with E-state index < -0.39 is 12.1 Å².